The minimum atomic E-state index is -0.0731. The van der Waals surface area contributed by atoms with Gasteiger partial charge in [0.05, 0.1) is 12.2 Å². The molecule has 2 nitrogen and oxygen atoms in total. The van der Waals surface area contributed by atoms with Gasteiger partial charge in [-0.1, -0.05) is 51.1 Å². The number of hydrogen-bond donors (Lipinski definition) is 0. The largest absolute Gasteiger partial charge is 0.349 e. The second-order valence-corrected chi connectivity index (χ2v) is 4.47. The van der Waals surface area contributed by atoms with Gasteiger partial charge >= 0.3 is 0 Å². The van der Waals surface area contributed by atoms with E-state index < -0.39 is 0 Å². The van der Waals surface area contributed by atoms with E-state index in [-0.39, 0.29) is 6.29 Å². The van der Waals surface area contributed by atoms with E-state index in [1.165, 1.54) is 5.56 Å². The lowest BCUT2D eigenvalue weighted by Crippen LogP contribution is -2.37. The summed E-state index contributed by atoms with van der Waals surface area (Å²) in [6.45, 7) is 8.30. The highest BCUT2D eigenvalue weighted by atomic mass is 16.7. The van der Waals surface area contributed by atoms with E-state index in [0.29, 0.717) is 12.2 Å². The Hall–Kier alpha value is -0.860. The summed E-state index contributed by atoms with van der Waals surface area (Å²) in [5.41, 5.74) is 1.27. The van der Waals surface area contributed by atoms with Crippen LogP contribution in [0.25, 0.3) is 0 Å². The third kappa shape index (κ3) is 4.79. The van der Waals surface area contributed by atoms with Crippen molar-refractivity contribution in [2.24, 2.45) is 0 Å². The summed E-state index contributed by atoms with van der Waals surface area (Å²) in [7, 11) is 0. The first-order valence-electron chi connectivity index (χ1n) is 7.12. The van der Waals surface area contributed by atoms with Gasteiger partial charge in [0.2, 0.25) is 0 Å². The molecule has 18 heavy (non-hydrogen) atoms. The molecule has 1 aliphatic heterocycles. The van der Waals surface area contributed by atoms with Crippen molar-refractivity contribution < 1.29 is 9.47 Å². The van der Waals surface area contributed by atoms with Crippen molar-refractivity contribution in [2.45, 2.75) is 65.5 Å². The molecule has 0 N–H and O–H groups in total. The Balaban J connectivity index is 0.000000771. The van der Waals surface area contributed by atoms with Crippen LogP contribution in [0.1, 0.15) is 46.1 Å². The fourth-order valence-corrected chi connectivity index (χ4v) is 2.15. The van der Waals surface area contributed by atoms with Crippen molar-refractivity contribution in [1.29, 1.82) is 0 Å². The molecule has 0 amide bonds. The maximum absolute atomic E-state index is 5.89. The van der Waals surface area contributed by atoms with Gasteiger partial charge in [0.1, 0.15) is 0 Å². The smallest absolute Gasteiger partial charge is 0.162 e. The second kappa shape index (κ2) is 8.28. The molecule has 1 saturated heterocycles. The molecule has 1 heterocycles. The molecule has 1 aromatic carbocycles. The van der Waals surface area contributed by atoms with Crippen LogP contribution in [0.15, 0.2) is 30.3 Å². The molecule has 1 fully saturated rings. The molecule has 2 rings (SSSR count). The highest BCUT2D eigenvalue weighted by Crippen LogP contribution is 2.22. The first-order valence-corrected chi connectivity index (χ1v) is 7.12. The van der Waals surface area contributed by atoms with Crippen LogP contribution in [0.5, 0.6) is 0 Å². The Morgan fingerprint density at radius 3 is 2.39 bits per heavy atom. The molecule has 2 heteroatoms. The molecule has 1 aliphatic rings. The summed E-state index contributed by atoms with van der Waals surface area (Å²) in [5, 5.41) is 0. The van der Waals surface area contributed by atoms with E-state index in [0.717, 1.165) is 19.3 Å². The molecular weight excluding hydrogens is 224 g/mol. The lowest BCUT2D eigenvalue weighted by atomic mass is 10.1. The van der Waals surface area contributed by atoms with Gasteiger partial charge in [-0.05, 0) is 25.3 Å². The first-order chi connectivity index (χ1) is 8.78. The maximum atomic E-state index is 5.89. The topological polar surface area (TPSA) is 18.5 Å². The van der Waals surface area contributed by atoms with E-state index in [9.17, 15) is 0 Å². The predicted octanol–water partition coefficient (Wildman–Crippen LogP) is 4.19. The molecule has 0 spiro atoms. The van der Waals surface area contributed by atoms with Gasteiger partial charge in [0, 0.05) is 6.42 Å². The predicted molar refractivity (Wildman–Crippen MR) is 75.6 cm³/mol. The van der Waals surface area contributed by atoms with Crippen LogP contribution in [-0.4, -0.2) is 18.5 Å². The molecule has 102 valence electrons. The van der Waals surface area contributed by atoms with Crippen LogP contribution in [-0.2, 0) is 15.9 Å². The number of ether oxygens (including phenoxy) is 2. The van der Waals surface area contributed by atoms with E-state index in [4.69, 9.17) is 9.47 Å². The van der Waals surface area contributed by atoms with Crippen molar-refractivity contribution in [3.8, 4) is 0 Å². The minimum absolute atomic E-state index is 0.0731. The number of hydrogen-bond acceptors (Lipinski definition) is 2. The average Bonchev–Trinajstić information content (AvgIpc) is 2.41. The molecule has 1 aromatic rings. The van der Waals surface area contributed by atoms with Gasteiger partial charge in [0.15, 0.2) is 6.29 Å². The fraction of sp³-hybridized carbons (Fsp3) is 0.625. The average molecular weight is 250 g/mol. The number of rotatable bonds is 3. The zero-order valence-corrected chi connectivity index (χ0v) is 12.1. The SMILES string of the molecule is CC.CCC1CC(C)OC(Cc2ccccc2)O1. The van der Waals surface area contributed by atoms with Gasteiger partial charge in [-0.25, -0.2) is 0 Å². The normalized spacial score (nSPS) is 27.2. The quantitative estimate of drug-likeness (QED) is 0.801. The van der Waals surface area contributed by atoms with Gasteiger partial charge in [-0.3, -0.25) is 0 Å². The third-order valence-electron chi connectivity index (χ3n) is 3.02. The first kappa shape index (κ1) is 15.2. The van der Waals surface area contributed by atoms with Crippen molar-refractivity contribution in [3.05, 3.63) is 35.9 Å². The Labute approximate surface area is 111 Å². The molecule has 0 saturated carbocycles. The van der Waals surface area contributed by atoms with E-state index in [1.54, 1.807) is 0 Å². The van der Waals surface area contributed by atoms with Crippen molar-refractivity contribution >= 4 is 0 Å². The molecule has 0 aromatic heterocycles. The Morgan fingerprint density at radius 1 is 1.11 bits per heavy atom. The van der Waals surface area contributed by atoms with Gasteiger partial charge in [-0.2, -0.15) is 0 Å². The highest BCUT2D eigenvalue weighted by molar-refractivity contribution is 5.15. The van der Waals surface area contributed by atoms with Crippen LogP contribution >= 0.6 is 0 Å². The standard InChI is InChI=1S/C14H20O2.C2H6/c1-3-13-9-11(2)15-14(16-13)10-12-7-5-4-6-8-12;1-2/h4-8,11,13-14H,3,9-10H2,1-2H3;1-2H3. The van der Waals surface area contributed by atoms with Crippen molar-refractivity contribution in [1.82, 2.24) is 0 Å². The third-order valence-corrected chi connectivity index (χ3v) is 3.02. The van der Waals surface area contributed by atoms with Crippen molar-refractivity contribution in [2.75, 3.05) is 0 Å². The van der Waals surface area contributed by atoms with Crippen molar-refractivity contribution in [3.63, 3.8) is 0 Å². The number of benzene rings is 1. The monoisotopic (exact) mass is 250 g/mol. The molecule has 0 radical (unpaired) electrons. The summed E-state index contributed by atoms with van der Waals surface area (Å²) in [6, 6.07) is 10.4. The molecule has 3 atom stereocenters. The summed E-state index contributed by atoms with van der Waals surface area (Å²) in [5.74, 6) is 0. The summed E-state index contributed by atoms with van der Waals surface area (Å²) in [4.78, 5) is 0. The van der Waals surface area contributed by atoms with E-state index in [1.807, 2.05) is 19.9 Å². The Bertz CT molecular complexity index is 310. The lowest BCUT2D eigenvalue weighted by molar-refractivity contribution is -0.237. The fourth-order valence-electron chi connectivity index (χ4n) is 2.15. The maximum Gasteiger partial charge on any atom is 0.162 e. The molecular formula is C16H26O2. The van der Waals surface area contributed by atoms with Gasteiger partial charge in [0.25, 0.3) is 0 Å². The Kier molecular flexibility index (Phi) is 6.99. The van der Waals surface area contributed by atoms with Crippen LogP contribution < -0.4 is 0 Å². The van der Waals surface area contributed by atoms with Gasteiger partial charge in [-0.15, -0.1) is 0 Å². The summed E-state index contributed by atoms with van der Waals surface area (Å²) >= 11 is 0. The Morgan fingerprint density at radius 2 is 1.78 bits per heavy atom. The van der Waals surface area contributed by atoms with Gasteiger partial charge < -0.3 is 9.47 Å². The van der Waals surface area contributed by atoms with Crippen LogP contribution in [0.2, 0.25) is 0 Å². The lowest BCUT2D eigenvalue weighted by Gasteiger charge is -2.34. The summed E-state index contributed by atoms with van der Waals surface area (Å²) in [6.07, 6.45) is 3.53. The second-order valence-electron chi connectivity index (χ2n) is 4.47. The van der Waals surface area contributed by atoms with Crippen LogP contribution in [0.3, 0.4) is 0 Å². The summed E-state index contributed by atoms with van der Waals surface area (Å²) < 4.78 is 11.7. The zero-order valence-electron chi connectivity index (χ0n) is 12.1. The molecule has 3 unspecified atom stereocenters. The molecule has 0 aliphatic carbocycles. The van der Waals surface area contributed by atoms with Crippen LogP contribution in [0.4, 0.5) is 0 Å². The zero-order chi connectivity index (χ0) is 13.4. The van der Waals surface area contributed by atoms with E-state index >= 15 is 0 Å². The highest BCUT2D eigenvalue weighted by Gasteiger charge is 2.26. The minimum Gasteiger partial charge on any atom is -0.349 e. The molecule has 0 bridgehead atoms. The van der Waals surface area contributed by atoms with E-state index in [2.05, 4.69) is 38.1 Å². The van der Waals surface area contributed by atoms with Crippen LogP contribution in [0, 0.1) is 0 Å².